The van der Waals surface area contributed by atoms with Crippen LogP contribution in [0, 0.1) is 0 Å². The zero-order valence-electron chi connectivity index (χ0n) is 9.86. The summed E-state index contributed by atoms with van der Waals surface area (Å²) in [6, 6.07) is 14.9. The van der Waals surface area contributed by atoms with E-state index in [1.165, 1.54) is 4.80 Å². The topological polar surface area (TPSA) is 69.6 Å². The van der Waals surface area contributed by atoms with E-state index >= 15 is 0 Å². The van der Waals surface area contributed by atoms with Gasteiger partial charge >= 0.3 is 0 Å². The van der Waals surface area contributed by atoms with Crippen LogP contribution in [-0.2, 0) is 0 Å². The van der Waals surface area contributed by atoms with Crippen molar-refractivity contribution in [2.75, 3.05) is 5.73 Å². The van der Waals surface area contributed by atoms with Crippen LogP contribution in [0.15, 0.2) is 48.5 Å². The molecule has 0 saturated carbocycles. The first kappa shape index (κ1) is 11.7. The Hall–Kier alpha value is -2.40. The van der Waals surface area contributed by atoms with Gasteiger partial charge in [-0.1, -0.05) is 48.0 Å². The van der Waals surface area contributed by atoms with Gasteiger partial charge in [-0.2, -0.15) is 0 Å². The van der Waals surface area contributed by atoms with E-state index in [1.54, 1.807) is 18.2 Å². The lowest BCUT2D eigenvalue weighted by Crippen LogP contribution is -2.03. The Morgan fingerprint density at radius 1 is 1.00 bits per heavy atom. The molecule has 94 valence electrons. The number of rotatable bonds is 2. The lowest BCUT2D eigenvalue weighted by Gasteiger charge is -2.04. The van der Waals surface area contributed by atoms with E-state index in [4.69, 9.17) is 17.3 Å². The molecule has 3 rings (SSSR count). The second kappa shape index (κ2) is 4.70. The fourth-order valence-electron chi connectivity index (χ4n) is 1.72. The highest BCUT2D eigenvalue weighted by molar-refractivity contribution is 6.33. The number of hydrogen-bond donors (Lipinski definition) is 1. The molecule has 0 saturated heterocycles. The fourth-order valence-corrected chi connectivity index (χ4v) is 1.89. The summed E-state index contributed by atoms with van der Waals surface area (Å²) < 4.78 is 0. The van der Waals surface area contributed by atoms with Crippen LogP contribution in [0.1, 0.15) is 0 Å². The van der Waals surface area contributed by atoms with Gasteiger partial charge in [-0.15, -0.1) is 15.0 Å². The first-order valence-corrected chi connectivity index (χ1v) is 6.03. The number of nitrogen functional groups attached to an aromatic ring is 1. The Bertz CT molecular complexity index is 708. The number of anilines is 1. The number of benzene rings is 2. The minimum Gasteiger partial charge on any atom is -0.396 e. The average molecular weight is 272 g/mol. The largest absolute Gasteiger partial charge is 0.396 e. The highest BCUT2D eigenvalue weighted by Gasteiger charge is 2.10. The van der Waals surface area contributed by atoms with Gasteiger partial charge < -0.3 is 5.73 Å². The molecule has 5 nitrogen and oxygen atoms in total. The van der Waals surface area contributed by atoms with Crippen molar-refractivity contribution in [1.82, 2.24) is 20.2 Å². The Labute approximate surface area is 114 Å². The number of hydrogen-bond acceptors (Lipinski definition) is 4. The molecular weight excluding hydrogens is 262 g/mol. The maximum Gasteiger partial charge on any atom is 0.205 e. The van der Waals surface area contributed by atoms with Crippen molar-refractivity contribution >= 4 is 17.3 Å². The van der Waals surface area contributed by atoms with Crippen LogP contribution in [0.3, 0.4) is 0 Å². The van der Waals surface area contributed by atoms with Crippen LogP contribution in [0.5, 0.6) is 0 Å². The number of aromatic nitrogens is 4. The zero-order chi connectivity index (χ0) is 13.2. The number of nitrogens with two attached hydrogens (primary N) is 1. The molecule has 2 N–H and O–H groups in total. The van der Waals surface area contributed by atoms with Crippen LogP contribution in [0.2, 0.25) is 5.02 Å². The molecule has 19 heavy (non-hydrogen) atoms. The van der Waals surface area contributed by atoms with Crippen molar-refractivity contribution in [2.24, 2.45) is 0 Å². The van der Waals surface area contributed by atoms with Gasteiger partial charge in [0.2, 0.25) is 5.82 Å². The van der Waals surface area contributed by atoms with E-state index in [0.29, 0.717) is 22.2 Å². The molecule has 0 radical (unpaired) electrons. The Morgan fingerprint density at radius 3 is 2.58 bits per heavy atom. The third-order valence-electron chi connectivity index (χ3n) is 2.69. The summed E-state index contributed by atoms with van der Waals surface area (Å²) in [6.45, 7) is 0. The maximum absolute atomic E-state index is 5.97. The van der Waals surface area contributed by atoms with Crippen LogP contribution >= 0.6 is 11.6 Å². The average Bonchev–Trinajstić information content (AvgIpc) is 2.92. The van der Waals surface area contributed by atoms with Crippen LogP contribution in [-0.4, -0.2) is 20.2 Å². The summed E-state index contributed by atoms with van der Waals surface area (Å²) in [5, 5.41) is 12.8. The van der Waals surface area contributed by atoms with Crippen molar-refractivity contribution in [3.8, 4) is 17.1 Å². The van der Waals surface area contributed by atoms with Gasteiger partial charge in [0, 0.05) is 5.56 Å². The van der Waals surface area contributed by atoms with Crippen molar-refractivity contribution < 1.29 is 0 Å². The molecule has 2 aromatic carbocycles. The Balaban J connectivity index is 2.05. The lowest BCUT2D eigenvalue weighted by molar-refractivity contribution is 0.722. The van der Waals surface area contributed by atoms with Crippen LogP contribution in [0.4, 0.5) is 5.69 Å². The molecule has 0 atom stereocenters. The first-order valence-electron chi connectivity index (χ1n) is 5.65. The molecule has 3 aromatic rings. The molecule has 0 aliphatic rings. The first-order chi connectivity index (χ1) is 9.25. The monoisotopic (exact) mass is 271 g/mol. The maximum atomic E-state index is 5.97. The molecular formula is C13H10ClN5. The highest BCUT2D eigenvalue weighted by atomic mass is 35.5. The number of halogens is 1. The summed E-state index contributed by atoms with van der Waals surface area (Å²) >= 11 is 5.97. The van der Waals surface area contributed by atoms with Gasteiger partial charge in [0.1, 0.15) is 5.69 Å². The van der Waals surface area contributed by atoms with E-state index in [1.807, 2.05) is 30.3 Å². The number of para-hydroxylation sites is 1. The third kappa shape index (κ3) is 2.15. The van der Waals surface area contributed by atoms with Gasteiger partial charge in [0.25, 0.3) is 0 Å². The van der Waals surface area contributed by atoms with Gasteiger partial charge in [0.05, 0.1) is 10.7 Å². The molecule has 0 spiro atoms. The fraction of sp³-hybridized carbons (Fsp3) is 0. The second-order valence-corrected chi connectivity index (χ2v) is 4.35. The summed E-state index contributed by atoms with van der Waals surface area (Å²) in [5.74, 6) is 0.542. The van der Waals surface area contributed by atoms with Crippen LogP contribution < -0.4 is 5.73 Å². The molecule has 0 amide bonds. The normalized spacial score (nSPS) is 10.6. The summed E-state index contributed by atoms with van der Waals surface area (Å²) in [6.07, 6.45) is 0. The molecule has 0 aliphatic heterocycles. The predicted molar refractivity (Wildman–Crippen MR) is 74.0 cm³/mol. The number of nitrogens with zero attached hydrogens (tertiary/aromatic N) is 4. The highest BCUT2D eigenvalue weighted by Crippen LogP contribution is 2.25. The Morgan fingerprint density at radius 2 is 1.79 bits per heavy atom. The van der Waals surface area contributed by atoms with Crippen molar-refractivity contribution in [2.45, 2.75) is 0 Å². The summed E-state index contributed by atoms with van der Waals surface area (Å²) in [7, 11) is 0. The second-order valence-electron chi connectivity index (χ2n) is 3.94. The van der Waals surface area contributed by atoms with E-state index in [-0.39, 0.29) is 0 Å². The number of tetrazole rings is 1. The minimum atomic E-state index is 0.432. The van der Waals surface area contributed by atoms with E-state index < -0.39 is 0 Å². The van der Waals surface area contributed by atoms with E-state index in [9.17, 15) is 0 Å². The molecule has 1 aromatic heterocycles. The summed E-state index contributed by atoms with van der Waals surface area (Å²) in [4.78, 5) is 1.38. The smallest absolute Gasteiger partial charge is 0.205 e. The zero-order valence-corrected chi connectivity index (χ0v) is 10.6. The van der Waals surface area contributed by atoms with Crippen molar-refractivity contribution in [1.29, 1.82) is 0 Å². The van der Waals surface area contributed by atoms with Gasteiger partial charge in [-0.25, -0.2) is 0 Å². The molecule has 1 heterocycles. The minimum absolute atomic E-state index is 0.432. The Kier molecular flexibility index (Phi) is 2.89. The third-order valence-corrected chi connectivity index (χ3v) is 3.02. The molecule has 0 bridgehead atoms. The van der Waals surface area contributed by atoms with Gasteiger partial charge in [0.15, 0.2) is 0 Å². The van der Waals surface area contributed by atoms with Crippen molar-refractivity contribution in [3.05, 3.63) is 53.6 Å². The summed E-state index contributed by atoms with van der Waals surface area (Å²) in [5.41, 5.74) is 7.84. The SMILES string of the molecule is Nc1c(Cl)cccc1-n1nnc(-c2ccccc2)n1. The van der Waals surface area contributed by atoms with E-state index in [2.05, 4.69) is 15.4 Å². The van der Waals surface area contributed by atoms with Gasteiger partial charge in [-0.3, -0.25) is 0 Å². The van der Waals surface area contributed by atoms with Gasteiger partial charge in [-0.05, 0) is 17.3 Å². The van der Waals surface area contributed by atoms with E-state index in [0.717, 1.165) is 5.56 Å². The molecule has 0 unspecified atom stereocenters. The quantitative estimate of drug-likeness (QED) is 0.727. The predicted octanol–water partition coefficient (Wildman–Crippen LogP) is 2.56. The lowest BCUT2D eigenvalue weighted by atomic mass is 10.2. The molecule has 0 fully saturated rings. The van der Waals surface area contributed by atoms with Crippen LogP contribution in [0.25, 0.3) is 17.1 Å². The standard InChI is InChI=1S/C13H10ClN5/c14-10-7-4-8-11(12(10)15)19-17-13(16-18-19)9-5-2-1-3-6-9/h1-8H,15H2. The van der Waals surface area contributed by atoms with Crippen molar-refractivity contribution in [3.63, 3.8) is 0 Å². The molecule has 0 aliphatic carbocycles. The molecule has 6 heteroatoms.